The van der Waals surface area contributed by atoms with Gasteiger partial charge in [0, 0.05) is 18.8 Å². The maximum absolute atomic E-state index is 13.5. The van der Waals surface area contributed by atoms with Gasteiger partial charge in [-0.1, -0.05) is 0 Å². The second-order valence-corrected chi connectivity index (χ2v) is 4.60. The Morgan fingerprint density at radius 2 is 1.89 bits per heavy atom. The van der Waals surface area contributed by atoms with Crippen molar-refractivity contribution in [3.05, 3.63) is 40.4 Å². The molecule has 0 bridgehead atoms. The minimum Gasteiger partial charge on any atom is -0.373 e. The molecule has 18 heavy (non-hydrogen) atoms. The Morgan fingerprint density at radius 1 is 1.17 bits per heavy atom. The van der Waals surface area contributed by atoms with E-state index in [1.807, 2.05) is 6.92 Å². The Balaban J connectivity index is 2.30. The summed E-state index contributed by atoms with van der Waals surface area (Å²) in [4.78, 5) is 8.09. The van der Waals surface area contributed by atoms with Crippen LogP contribution in [0.3, 0.4) is 0 Å². The highest BCUT2D eigenvalue weighted by Gasteiger charge is 2.06. The van der Waals surface area contributed by atoms with E-state index in [2.05, 4.69) is 36.5 Å². The van der Waals surface area contributed by atoms with Crippen LogP contribution in [0.4, 0.5) is 21.7 Å². The maximum Gasteiger partial charge on any atom is 0.139 e. The van der Waals surface area contributed by atoms with Gasteiger partial charge < -0.3 is 10.6 Å². The lowest BCUT2D eigenvalue weighted by Crippen LogP contribution is -1.99. The highest BCUT2D eigenvalue weighted by atomic mass is 79.9. The molecule has 1 aromatic carbocycles. The predicted molar refractivity (Wildman–Crippen MR) is 73.7 cm³/mol. The lowest BCUT2D eigenvalue weighted by molar-refractivity contribution is 0.621. The number of nitrogens with zero attached hydrogens (tertiary/aromatic N) is 2. The largest absolute Gasteiger partial charge is 0.373 e. The number of aromatic nitrogens is 2. The van der Waals surface area contributed by atoms with E-state index in [9.17, 15) is 4.39 Å². The summed E-state index contributed by atoms with van der Waals surface area (Å²) in [6, 6.07) is 4.90. The molecule has 0 spiro atoms. The Labute approximate surface area is 113 Å². The highest BCUT2D eigenvalue weighted by molar-refractivity contribution is 9.10. The highest BCUT2D eigenvalue weighted by Crippen LogP contribution is 2.26. The molecule has 2 aromatic rings. The van der Waals surface area contributed by atoms with Gasteiger partial charge in [-0.15, -0.1) is 0 Å². The number of anilines is 3. The van der Waals surface area contributed by atoms with E-state index in [0.29, 0.717) is 21.8 Å². The third kappa shape index (κ3) is 2.76. The minimum absolute atomic E-state index is 0.314. The molecule has 0 radical (unpaired) electrons. The van der Waals surface area contributed by atoms with Crippen molar-refractivity contribution in [3.63, 3.8) is 0 Å². The molecule has 0 amide bonds. The first-order valence-electron chi connectivity index (χ1n) is 5.32. The zero-order valence-corrected chi connectivity index (χ0v) is 11.5. The van der Waals surface area contributed by atoms with Crippen LogP contribution in [0.1, 0.15) is 5.56 Å². The average molecular weight is 311 g/mol. The van der Waals surface area contributed by atoms with Gasteiger partial charge in [-0.3, -0.25) is 0 Å². The molecule has 0 aliphatic rings. The van der Waals surface area contributed by atoms with Crippen molar-refractivity contribution >= 4 is 33.3 Å². The molecule has 2 rings (SSSR count). The monoisotopic (exact) mass is 310 g/mol. The van der Waals surface area contributed by atoms with Gasteiger partial charge in [0.1, 0.15) is 23.8 Å². The summed E-state index contributed by atoms with van der Waals surface area (Å²) in [7, 11) is 1.77. The molecule has 1 heterocycles. The smallest absolute Gasteiger partial charge is 0.139 e. The lowest BCUT2D eigenvalue weighted by Gasteiger charge is -2.10. The minimum atomic E-state index is -0.314. The molecule has 0 aliphatic carbocycles. The standard InChI is InChI=1S/C12H12BrFN4/c1-7-3-8(13)9(14)4-10(7)18-12-5-11(15-2)16-6-17-12/h3-6H,1-2H3,(H2,15,16,17,18). The van der Waals surface area contributed by atoms with Crippen LogP contribution in [0.15, 0.2) is 29.0 Å². The SMILES string of the molecule is CNc1cc(Nc2cc(F)c(Br)cc2C)ncn1. The van der Waals surface area contributed by atoms with Gasteiger partial charge in [-0.05, 0) is 40.5 Å². The number of halogens is 2. The van der Waals surface area contributed by atoms with Gasteiger partial charge in [0.05, 0.1) is 4.47 Å². The van der Waals surface area contributed by atoms with Crippen molar-refractivity contribution in [1.29, 1.82) is 0 Å². The second-order valence-electron chi connectivity index (χ2n) is 3.74. The Hall–Kier alpha value is -1.69. The summed E-state index contributed by atoms with van der Waals surface area (Å²) in [5.41, 5.74) is 1.60. The van der Waals surface area contributed by atoms with Crippen LogP contribution in [-0.4, -0.2) is 17.0 Å². The molecule has 0 unspecified atom stereocenters. The maximum atomic E-state index is 13.5. The zero-order valence-electron chi connectivity index (χ0n) is 9.96. The van der Waals surface area contributed by atoms with Crippen LogP contribution < -0.4 is 10.6 Å². The summed E-state index contributed by atoms with van der Waals surface area (Å²) in [5.74, 6) is 0.993. The summed E-state index contributed by atoms with van der Waals surface area (Å²) >= 11 is 3.15. The van der Waals surface area contributed by atoms with Crippen LogP contribution >= 0.6 is 15.9 Å². The van der Waals surface area contributed by atoms with Gasteiger partial charge in [-0.2, -0.15) is 0 Å². The van der Waals surface area contributed by atoms with E-state index >= 15 is 0 Å². The van der Waals surface area contributed by atoms with Crippen LogP contribution in [0, 0.1) is 12.7 Å². The summed E-state index contributed by atoms with van der Waals surface area (Å²) in [6.07, 6.45) is 1.44. The third-order valence-corrected chi connectivity index (χ3v) is 3.06. The second kappa shape index (κ2) is 5.30. The first-order chi connectivity index (χ1) is 8.60. The molecule has 4 nitrogen and oxygen atoms in total. The van der Waals surface area contributed by atoms with Crippen LogP contribution in [0.5, 0.6) is 0 Å². The first kappa shape index (κ1) is 12.8. The summed E-state index contributed by atoms with van der Waals surface area (Å²) < 4.78 is 13.9. The van der Waals surface area contributed by atoms with E-state index in [4.69, 9.17) is 0 Å². The predicted octanol–water partition coefficient (Wildman–Crippen LogP) is 3.47. The Morgan fingerprint density at radius 3 is 2.61 bits per heavy atom. The van der Waals surface area contributed by atoms with Gasteiger partial charge in [0.2, 0.25) is 0 Å². The number of benzene rings is 1. The fraction of sp³-hybridized carbons (Fsp3) is 0.167. The lowest BCUT2D eigenvalue weighted by atomic mass is 10.2. The molecule has 0 fully saturated rings. The normalized spacial score (nSPS) is 10.2. The number of hydrogen-bond acceptors (Lipinski definition) is 4. The molecular formula is C12H12BrFN4. The molecule has 0 saturated heterocycles. The summed E-state index contributed by atoms with van der Waals surface area (Å²) in [5, 5.41) is 5.98. The van der Waals surface area contributed by atoms with E-state index in [0.717, 1.165) is 5.56 Å². The van der Waals surface area contributed by atoms with Crippen LogP contribution in [0.2, 0.25) is 0 Å². The van der Waals surface area contributed by atoms with E-state index in [1.165, 1.54) is 12.4 Å². The van der Waals surface area contributed by atoms with E-state index in [1.54, 1.807) is 19.2 Å². The first-order valence-corrected chi connectivity index (χ1v) is 6.12. The van der Waals surface area contributed by atoms with Crippen molar-refractivity contribution in [2.45, 2.75) is 6.92 Å². The molecule has 0 atom stereocenters. The molecule has 1 aromatic heterocycles. The number of hydrogen-bond donors (Lipinski definition) is 2. The Bertz CT molecular complexity index is 574. The van der Waals surface area contributed by atoms with Crippen molar-refractivity contribution in [2.24, 2.45) is 0 Å². The van der Waals surface area contributed by atoms with Crippen molar-refractivity contribution < 1.29 is 4.39 Å². The molecule has 6 heteroatoms. The molecule has 2 N–H and O–H groups in total. The van der Waals surface area contributed by atoms with Crippen molar-refractivity contribution in [1.82, 2.24) is 9.97 Å². The third-order valence-electron chi connectivity index (χ3n) is 2.45. The van der Waals surface area contributed by atoms with Gasteiger partial charge in [0.15, 0.2) is 0 Å². The number of nitrogens with one attached hydrogen (secondary N) is 2. The van der Waals surface area contributed by atoms with Gasteiger partial charge in [-0.25, -0.2) is 14.4 Å². The Kier molecular flexibility index (Phi) is 3.76. The molecule has 0 aliphatic heterocycles. The van der Waals surface area contributed by atoms with E-state index in [-0.39, 0.29) is 5.82 Å². The topological polar surface area (TPSA) is 49.8 Å². The fourth-order valence-corrected chi connectivity index (χ4v) is 1.94. The average Bonchev–Trinajstić information content (AvgIpc) is 2.36. The van der Waals surface area contributed by atoms with Crippen LogP contribution in [-0.2, 0) is 0 Å². The quantitative estimate of drug-likeness (QED) is 0.911. The van der Waals surface area contributed by atoms with Crippen molar-refractivity contribution in [2.75, 3.05) is 17.7 Å². The number of aryl methyl sites for hydroxylation is 1. The molecule has 0 saturated carbocycles. The number of rotatable bonds is 3. The zero-order chi connectivity index (χ0) is 13.1. The summed E-state index contributed by atoms with van der Waals surface area (Å²) in [6.45, 7) is 1.90. The van der Waals surface area contributed by atoms with Gasteiger partial charge in [0.25, 0.3) is 0 Å². The molecule has 94 valence electrons. The van der Waals surface area contributed by atoms with Crippen molar-refractivity contribution in [3.8, 4) is 0 Å². The van der Waals surface area contributed by atoms with Crippen LogP contribution in [0.25, 0.3) is 0 Å². The fourth-order valence-electron chi connectivity index (χ4n) is 1.48. The van der Waals surface area contributed by atoms with E-state index < -0.39 is 0 Å². The van der Waals surface area contributed by atoms with Gasteiger partial charge >= 0.3 is 0 Å². The molecular weight excluding hydrogens is 299 g/mol.